The first-order valence-electron chi connectivity index (χ1n) is 6.01. The van der Waals surface area contributed by atoms with E-state index in [0.717, 1.165) is 22.9 Å². The molecule has 0 aliphatic carbocycles. The molecule has 0 spiro atoms. The summed E-state index contributed by atoms with van der Waals surface area (Å²) < 4.78 is 10.7. The molecule has 1 N–H and O–H groups in total. The number of rotatable bonds is 6. The Morgan fingerprint density at radius 1 is 1.26 bits per heavy atom. The van der Waals surface area contributed by atoms with Crippen molar-refractivity contribution in [2.45, 2.75) is 13.0 Å². The molecule has 1 atom stereocenters. The quantitative estimate of drug-likeness (QED) is 0.879. The Balaban J connectivity index is 2.45. The third-order valence-corrected chi connectivity index (χ3v) is 3.67. The van der Waals surface area contributed by atoms with E-state index in [4.69, 9.17) is 9.47 Å². The standard InChI is InChI=1S/C13H17N3O2S/c1-4-14-10(12-9(17-2)5-8-19-12)11-13(18-3)16-7-6-15-11/h5-8,10,14H,4H2,1-3H3. The van der Waals surface area contributed by atoms with Crippen molar-refractivity contribution in [3.63, 3.8) is 0 Å². The number of nitrogens with zero attached hydrogens (tertiary/aromatic N) is 2. The van der Waals surface area contributed by atoms with Crippen LogP contribution in [0.15, 0.2) is 23.8 Å². The van der Waals surface area contributed by atoms with Gasteiger partial charge >= 0.3 is 0 Å². The Kier molecular flexibility index (Phi) is 4.70. The van der Waals surface area contributed by atoms with Crippen LogP contribution in [0.2, 0.25) is 0 Å². The van der Waals surface area contributed by atoms with Gasteiger partial charge in [0.15, 0.2) is 0 Å². The lowest BCUT2D eigenvalue weighted by molar-refractivity contribution is 0.379. The highest BCUT2D eigenvalue weighted by Gasteiger charge is 2.24. The average molecular weight is 279 g/mol. The summed E-state index contributed by atoms with van der Waals surface area (Å²) in [6.45, 7) is 2.86. The molecular weight excluding hydrogens is 262 g/mol. The van der Waals surface area contributed by atoms with Gasteiger partial charge in [-0.2, -0.15) is 0 Å². The van der Waals surface area contributed by atoms with Crippen LogP contribution in [0.1, 0.15) is 23.5 Å². The number of aromatic nitrogens is 2. The molecule has 0 aromatic carbocycles. The molecule has 6 heteroatoms. The maximum absolute atomic E-state index is 5.39. The molecule has 0 saturated heterocycles. The predicted octanol–water partition coefficient (Wildman–Crippen LogP) is 2.25. The van der Waals surface area contributed by atoms with Crippen molar-refractivity contribution in [3.8, 4) is 11.6 Å². The molecule has 2 rings (SSSR count). The molecule has 19 heavy (non-hydrogen) atoms. The highest BCUT2D eigenvalue weighted by atomic mass is 32.1. The van der Waals surface area contributed by atoms with Crippen LogP contribution < -0.4 is 14.8 Å². The lowest BCUT2D eigenvalue weighted by Crippen LogP contribution is -2.23. The molecule has 1 unspecified atom stereocenters. The van der Waals surface area contributed by atoms with Gasteiger partial charge in [0.1, 0.15) is 11.4 Å². The first kappa shape index (κ1) is 13.8. The molecule has 0 amide bonds. The summed E-state index contributed by atoms with van der Waals surface area (Å²) in [4.78, 5) is 9.68. The van der Waals surface area contributed by atoms with Crippen LogP contribution in [0.4, 0.5) is 0 Å². The van der Waals surface area contributed by atoms with Crippen molar-refractivity contribution in [2.24, 2.45) is 0 Å². The van der Waals surface area contributed by atoms with Gasteiger partial charge in [-0.05, 0) is 18.0 Å². The molecule has 0 aliphatic rings. The first-order valence-corrected chi connectivity index (χ1v) is 6.89. The van der Waals surface area contributed by atoms with Crippen LogP contribution in [0, 0.1) is 0 Å². The number of hydrogen-bond donors (Lipinski definition) is 1. The van der Waals surface area contributed by atoms with Gasteiger partial charge in [-0.25, -0.2) is 4.98 Å². The topological polar surface area (TPSA) is 56.3 Å². The minimum absolute atomic E-state index is 0.0800. The summed E-state index contributed by atoms with van der Waals surface area (Å²) in [6, 6.07) is 1.87. The highest BCUT2D eigenvalue weighted by Crippen LogP contribution is 2.36. The first-order chi connectivity index (χ1) is 9.31. The second kappa shape index (κ2) is 6.49. The summed E-state index contributed by atoms with van der Waals surface area (Å²) >= 11 is 1.63. The van der Waals surface area contributed by atoms with Crippen molar-refractivity contribution in [2.75, 3.05) is 20.8 Å². The van der Waals surface area contributed by atoms with Gasteiger partial charge in [0.25, 0.3) is 0 Å². The third kappa shape index (κ3) is 2.85. The number of nitrogens with one attached hydrogen (secondary N) is 1. The van der Waals surface area contributed by atoms with E-state index in [-0.39, 0.29) is 6.04 Å². The Hall–Kier alpha value is -1.66. The average Bonchev–Trinajstić information content (AvgIpc) is 2.93. The van der Waals surface area contributed by atoms with Crippen molar-refractivity contribution < 1.29 is 9.47 Å². The number of thiophene rings is 1. The lowest BCUT2D eigenvalue weighted by Gasteiger charge is -2.18. The van der Waals surface area contributed by atoms with E-state index < -0.39 is 0 Å². The molecule has 0 fully saturated rings. The van der Waals surface area contributed by atoms with Gasteiger partial charge in [0.2, 0.25) is 5.88 Å². The fourth-order valence-electron chi connectivity index (χ4n) is 1.90. The third-order valence-electron chi connectivity index (χ3n) is 2.71. The van der Waals surface area contributed by atoms with Crippen LogP contribution in [0.3, 0.4) is 0 Å². The van der Waals surface area contributed by atoms with Gasteiger partial charge in [0, 0.05) is 12.4 Å². The summed E-state index contributed by atoms with van der Waals surface area (Å²) in [6.07, 6.45) is 3.29. The van der Waals surface area contributed by atoms with Crippen LogP contribution in [0.25, 0.3) is 0 Å². The highest BCUT2D eigenvalue weighted by molar-refractivity contribution is 7.10. The van der Waals surface area contributed by atoms with Crippen molar-refractivity contribution in [1.82, 2.24) is 15.3 Å². The van der Waals surface area contributed by atoms with Gasteiger partial charge in [-0.15, -0.1) is 11.3 Å². The minimum atomic E-state index is -0.0800. The molecule has 2 aromatic heterocycles. The van der Waals surface area contributed by atoms with E-state index in [2.05, 4.69) is 22.2 Å². The number of hydrogen-bond acceptors (Lipinski definition) is 6. The Bertz CT molecular complexity index is 530. The maximum atomic E-state index is 5.39. The Morgan fingerprint density at radius 2 is 2.05 bits per heavy atom. The number of ether oxygens (including phenoxy) is 2. The molecular formula is C13H17N3O2S. The summed E-state index contributed by atoms with van der Waals surface area (Å²) in [7, 11) is 3.27. The molecule has 0 aliphatic heterocycles. The summed E-state index contributed by atoms with van der Waals surface area (Å²) in [5.74, 6) is 1.38. The molecule has 5 nitrogen and oxygen atoms in total. The SMILES string of the molecule is CCNC(c1nccnc1OC)c1sccc1OC. The lowest BCUT2D eigenvalue weighted by atomic mass is 10.1. The second-order valence-corrected chi connectivity index (χ2v) is 4.74. The number of methoxy groups -OCH3 is 2. The van der Waals surface area contributed by atoms with E-state index in [1.165, 1.54) is 0 Å². The van der Waals surface area contributed by atoms with Crippen LogP contribution in [-0.4, -0.2) is 30.7 Å². The molecule has 0 bridgehead atoms. The van der Waals surface area contributed by atoms with E-state index >= 15 is 0 Å². The van der Waals surface area contributed by atoms with Gasteiger partial charge in [-0.3, -0.25) is 4.98 Å². The van der Waals surface area contributed by atoms with Gasteiger partial charge in [-0.1, -0.05) is 6.92 Å². The van der Waals surface area contributed by atoms with Crippen LogP contribution in [-0.2, 0) is 0 Å². The molecule has 0 saturated carbocycles. The molecule has 0 radical (unpaired) electrons. The minimum Gasteiger partial charge on any atom is -0.496 e. The van der Waals surface area contributed by atoms with E-state index in [0.29, 0.717) is 5.88 Å². The predicted molar refractivity (Wildman–Crippen MR) is 75.0 cm³/mol. The molecule has 2 heterocycles. The summed E-state index contributed by atoms with van der Waals surface area (Å²) in [5.41, 5.74) is 0.771. The monoisotopic (exact) mass is 279 g/mol. The fraction of sp³-hybridized carbons (Fsp3) is 0.385. The van der Waals surface area contributed by atoms with Crippen molar-refractivity contribution in [3.05, 3.63) is 34.4 Å². The van der Waals surface area contributed by atoms with E-state index in [1.807, 2.05) is 11.4 Å². The van der Waals surface area contributed by atoms with Crippen LogP contribution in [0.5, 0.6) is 11.6 Å². The van der Waals surface area contributed by atoms with E-state index in [1.54, 1.807) is 38.0 Å². The van der Waals surface area contributed by atoms with Crippen molar-refractivity contribution in [1.29, 1.82) is 0 Å². The molecule has 2 aromatic rings. The van der Waals surface area contributed by atoms with Gasteiger partial charge in [0.05, 0.1) is 25.1 Å². The zero-order valence-electron chi connectivity index (χ0n) is 11.2. The fourth-order valence-corrected chi connectivity index (χ4v) is 2.83. The van der Waals surface area contributed by atoms with Crippen LogP contribution >= 0.6 is 11.3 Å². The Morgan fingerprint density at radius 3 is 2.74 bits per heavy atom. The normalized spacial score (nSPS) is 12.2. The largest absolute Gasteiger partial charge is 0.496 e. The second-order valence-electron chi connectivity index (χ2n) is 3.79. The van der Waals surface area contributed by atoms with Crippen molar-refractivity contribution >= 4 is 11.3 Å². The smallest absolute Gasteiger partial charge is 0.237 e. The van der Waals surface area contributed by atoms with Gasteiger partial charge < -0.3 is 14.8 Å². The summed E-state index contributed by atoms with van der Waals surface area (Å²) in [5, 5.41) is 5.40. The molecule has 102 valence electrons. The Labute approximate surface area is 116 Å². The zero-order valence-corrected chi connectivity index (χ0v) is 12.0. The zero-order chi connectivity index (χ0) is 13.7. The maximum Gasteiger partial charge on any atom is 0.237 e. The van der Waals surface area contributed by atoms with E-state index in [9.17, 15) is 0 Å².